The number of esters is 1. The molecule has 1 aromatic rings. The van der Waals surface area contributed by atoms with Crippen LogP contribution in [0.3, 0.4) is 0 Å². The van der Waals surface area contributed by atoms with Crippen molar-refractivity contribution in [1.29, 1.82) is 0 Å². The molecule has 1 heterocycles. The second-order valence-corrected chi connectivity index (χ2v) is 10.4. The summed E-state index contributed by atoms with van der Waals surface area (Å²) in [5.41, 5.74) is 0.873. The van der Waals surface area contributed by atoms with Crippen LogP contribution in [0.15, 0.2) is 46.8 Å². The molecule has 0 aromatic heterocycles. The highest BCUT2D eigenvalue weighted by molar-refractivity contribution is 7.90. The number of ketones is 1. The van der Waals surface area contributed by atoms with Crippen molar-refractivity contribution in [2.45, 2.75) is 53.0 Å². The van der Waals surface area contributed by atoms with E-state index >= 15 is 0 Å². The van der Waals surface area contributed by atoms with Gasteiger partial charge < -0.3 is 14.8 Å². The topological polar surface area (TPSA) is 154 Å². The second-order valence-electron chi connectivity index (χ2n) is 8.69. The quantitative estimate of drug-likeness (QED) is 0.172. The van der Waals surface area contributed by atoms with Crippen LogP contribution >= 0.6 is 0 Å². The van der Waals surface area contributed by atoms with Gasteiger partial charge in [0.1, 0.15) is 12.4 Å². The molecule has 2 N–H and O–H groups in total. The van der Waals surface area contributed by atoms with Crippen LogP contribution in [0.25, 0.3) is 0 Å². The number of rotatable bonds is 13. The Bertz CT molecular complexity index is 1170. The molecule has 0 fully saturated rings. The van der Waals surface area contributed by atoms with Crippen molar-refractivity contribution in [3.8, 4) is 0 Å². The fraction of sp³-hybridized carbons (Fsp3) is 0.500. The lowest BCUT2D eigenvalue weighted by Crippen LogP contribution is -2.38. The van der Waals surface area contributed by atoms with Gasteiger partial charge in [0, 0.05) is 47.7 Å². The van der Waals surface area contributed by atoms with E-state index in [2.05, 4.69) is 10.0 Å². The maximum atomic E-state index is 13.4. The predicted molar refractivity (Wildman–Crippen MR) is 134 cm³/mol. The Balaban J connectivity index is 2.53. The van der Waals surface area contributed by atoms with E-state index in [0.717, 1.165) is 6.42 Å². The molecule has 198 valence electrons. The van der Waals surface area contributed by atoms with Crippen LogP contribution in [0, 0.1) is 10.1 Å². The summed E-state index contributed by atoms with van der Waals surface area (Å²) in [4.78, 5) is 37.4. The highest BCUT2D eigenvalue weighted by atomic mass is 32.2. The highest BCUT2D eigenvalue weighted by Crippen LogP contribution is 2.40. The molecule has 0 aliphatic carbocycles. The number of sulfonamides is 1. The Morgan fingerprint density at radius 1 is 1.14 bits per heavy atom. The number of carbonyl (C=O) groups is 2. The van der Waals surface area contributed by atoms with Crippen LogP contribution in [-0.4, -0.2) is 56.7 Å². The van der Waals surface area contributed by atoms with Gasteiger partial charge in [-0.05, 0) is 39.7 Å². The maximum absolute atomic E-state index is 13.4. The van der Waals surface area contributed by atoms with Gasteiger partial charge in [0.2, 0.25) is 10.0 Å². The molecule has 1 aromatic carbocycles. The van der Waals surface area contributed by atoms with Gasteiger partial charge in [-0.25, -0.2) is 17.9 Å². The number of allylic oxidation sites excluding steroid dienone is 3. The van der Waals surface area contributed by atoms with E-state index in [9.17, 15) is 28.1 Å². The summed E-state index contributed by atoms with van der Waals surface area (Å²) in [7, 11) is -3.97. The number of ether oxygens (including phenoxy) is 2. The number of nitrogens with one attached hydrogen (secondary N) is 2. The number of nitro groups is 1. The number of dihydropyridines is 1. The van der Waals surface area contributed by atoms with Gasteiger partial charge in [0.05, 0.1) is 17.1 Å². The minimum Gasteiger partial charge on any atom is -0.460 e. The van der Waals surface area contributed by atoms with Crippen LogP contribution in [0.2, 0.25) is 0 Å². The van der Waals surface area contributed by atoms with Crippen LogP contribution in [0.5, 0.6) is 0 Å². The molecule has 1 atom stereocenters. The molecule has 0 bridgehead atoms. The molecule has 36 heavy (non-hydrogen) atoms. The summed E-state index contributed by atoms with van der Waals surface area (Å²) >= 11 is 0. The minimum absolute atomic E-state index is 0.0180. The van der Waals surface area contributed by atoms with Crippen molar-refractivity contribution < 1.29 is 32.4 Å². The summed E-state index contributed by atoms with van der Waals surface area (Å²) in [5.74, 6) is -3.40. The standard InChI is InChI=1S/C24H33N3O8S/c1-6-10-34-11-12-35-24(29)22-17(5)25-16(4)21(20(28)14-36(32,33)26-15(2)3)23(22)18-8-7-9-19(13-18)27(30)31/h7-9,13,15,23,25-26H,6,10-12,14H2,1-5H3. The monoisotopic (exact) mass is 523 g/mol. The van der Waals surface area contributed by atoms with Gasteiger partial charge in [-0.15, -0.1) is 0 Å². The Morgan fingerprint density at radius 3 is 2.42 bits per heavy atom. The number of hydrogen-bond donors (Lipinski definition) is 2. The molecule has 1 aliphatic rings. The molecule has 0 amide bonds. The number of hydrogen-bond acceptors (Lipinski definition) is 9. The van der Waals surface area contributed by atoms with E-state index in [4.69, 9.17) is 9.47 Å². The third kappa shape index (κ3) is 7.70. The van der Waals surface area contributed by atoms with Gasteiger partial charge in [-0.3, -0.25) is 14.9 Å². The highest BCUT2D eigenvalue weighted by Gasteiger charge is 2.38. The molecule has 0 saturated carbocycles. The lowest BCUT2D eigenvalue weighted by atomic mass is 9.79. The third-order valence-corrected chi connectivity index (χ3v) is 6.71. The first kappa shape index (κ1) is 29.1. The minimum atomic E-state index is -3.97. The molecule has 0 saturated heterocycles. The van der Waals surface area contributed by atoms with Gasteiger partial charge >= 0.3 is 5.97 Å². The van der Waals surface area contributed by atoms with Crippen LogP contribution in [0.4, 0.5) is 5.69 Å². The van der Waals surface area contributed by atoms with Gasteiger partial charge in [0.25, 0.3) is 5.69 Å². The zero-order valence-corrected chi connectivity index (χ0v) is 21.9. The lowest BCUT2D eigenvalue weighted by Gasteiger charge is -2.31. The summed E-state index contributed by atoms with van der Waals surface area (Å²) in [5, 5.41) is 14.4. The van der Waals surface area contributed by atoms with Crippen molar-refractivity contribution >= 4 is 27.5 Å². The third-order valence-electron chi connectivity index (χ3n) is 5.24. The van der Waals surface area contributed by atoms with Crippen molar-refractivity contribution in [3.05, 3.63) is 62.5 Å². The van der Waals surface area contributed by atoms with Crippen LogP contribution < -0.4 is 10.0 Å². The maximum Gasteiger partial charge on any atom is 0.336 e. The molecule has 1 aliphatic heterocycles. The Morgan fingerprint density at radius 2 is 1.81 bits per heavy atom. The first-order valence-corrected chi connectivity index (χ1v) is 13.2. The number of benzene rings is 1. The molecule has 11 nitrogen and oxygen atoms in total. The first-order chi connectivity index (χ1) is 16.9. The molecule has 0 radical (unpaired) electrons. The molecule has 1 unspecified atom stereocenters. The Hall–Kier alpha value is -3.09. The van der Waals surface area contributed by atoms with Crippen molar-refractivity contribution in [1.82, 2.24) is 10.0 Å². The molecule has 0 spiro atoms. The first-order valence-electron chi connectivity index (χ1n) is 11.6. The van der Waals surface area contributed by atoms with Crippen molar-refractivity contribution in [2.75, 3.05) is 25.6 Å². The Kier molecular flexibility index (Phi) is 10.3. The largest absolute Gasteiger partial charge is 0.460 e. The smallest absolute Gasteiger partial charge is 0.336 e. The molecular formula is C24H33N3O8S. The zero-order valence-electron chi connectivity index (χ0n) is 21.1. The molecule has 2 rings (SSSR count). The number of non-ortho nitro benzene ring substituents is 1. The van der Waals surface area contributed by atoms with Crippen LogP contribution in [-0.2, 0) is 29.1 Å². The molecule has 12 heteroatoms. The van der Waals surface area contributed by atoms with Gasteiger partial charge in [-0.1, -0.05) is 19.1 Å². The molecular weight excluding hydrogens is 490 g/mol. The SMILES string of the molecule is CCCOCCOC(=O)C1=C(C)NC(C)=C(C(=O)CS(=O)(=O)NC(C)C)C1c1cccc([N+](=O)[O-])c1. The summed E-state index contributed by atoms with van der Waals surface area (Å²) < 4.78 is 38.1. The number of nitrogens with zero attached hydrogens (tertiary/aromatic N) is 1. The average molecular weight is 524 g/mol. The summed E-state index contributed by atoms with van der Waals surface area (Å²) in [6.45, 7) is 9.07. The lowest BCUT2D eigenvalue weighted by molar-refractivity contribution is -0.384. The second kappa shape index (κ2) is 12.7. The summed E-state index contributed by atoms with van der Waals surface area (Å²) in [6, 6.07) is 5.13. The van der Waals surface area contributed by atoms with Crippen LogP contribution in [0.1, 0.15) is 52.5 Å². The van der Waals surface area contributed by atoms with E-state index in [0.29, 0.717) is 18.0 Å². The average Bonchev–Trinajstić information content (AvgIpc) is 2.76. The van der Waals surface area contributed by atoms with E-state index in [1.54, 1.807) is 33.8 Å². The van der Waals surface area contributed by atoms with Crippen molar-refractivity contribution in [2.24, 2.45) is 0 Å². The number of nitro benzene ring substituents is 1. The Labute approximate surface area is 211 Å². The predicted octanol–water partition coefficient (Wildman–Crippen LogP) is 2.70. The zero-order chi connectivity index (χ0) is 27.0. The van der Waals surface area contributed by atoms with E-state index in [1.807, 2.05) is 6.92 Å². The van der Waals surface area contributed by atoms with Gasteiger partial charge in [-0.2, -0.15) is 0 Å². The fourth-order valence-electron chi connectivity index (χ4n) is 3.95. The summed E-state index contributed by atoms with van der Waals surface area (Å²) in [6.07, 6.45) is 0.807. The number of Topliss-reactive ketones (excluding diaryl/α,β-unsaturated/α-hetero) is 1. The van der Waals surface area contributed by atoms with E-state index in [1.165, 1.54) is 18.2 Å². The van der Waals surface area contributed by atoms with Gasteiger partial charge in [0.15, 0.2) is 5.78 Å². The normalized spacial score (nSPS) is 16.2. The van der Waals surface area contributed by atoms with E-state index < -0.39 is 44.4 Å². The fourth-order valence-corrected chi connectivity index (χ4v) is 5.26. The number of carbonyl (C=O) groups excluding carboxylic acids is 2. The van der Waals surface area contributed by atoms with Crippen molar-refractivity contribution in [3.63, 3.8) is 0 Å². The van der Waals surface area contributed by atoms with E-state index in [-0.39, 0.29) is 35.6 Å².